The van der Waals surface area contributed by atoms with Crippen LogP contribution in [0.3, 0.4) is 0 Å². The number of hydrogen-bond acceptors (Lipinski definition) is 2. The normalized spacial score (nSPS) is 9.29. The van der Waals surface area contributed by atoms with Crippen LogP contribution in [0.5, 0.6) is 5.75 Å². The summed E-state index contributed by atoms with van der Waals surface area (Å²) in [5.74, 6) is -1.28. The van der Waals surface area contributed by atoms with Crippen molar-refractivity contribution in [3.8, 4) is 5.75 Å². The number of carbonyl (C=O) groups excluding carboxylic acids is 1. The Hall–Kier alpha value is -1.84. The highest BCUT2D eigenvalue weighted by Crippen LogP contribution is 2.17. The monoisotopic (exact) mass is 195 g/mol. The van der Waals surface area contributed by atoms with Gasteiger partial charge in [-0.25, -0.2) is 4.39 Å². The summed E-state index contributed by atoms with van der Waals surface area (Å²) in [4.78, 5) is 10.9. The summed E-state index contributed by atoms with van der Waals surface area (Å²) in [7, 11) is 1.51. The minimum atomic E-state index is -1.02. The quantitative estimate of drug-likeness (QED) is 0.750. The van der Waals surface area contributed by atoms with E-state index in [-0.39, 0.29) is 0 Å². The highest BCUT2D eigenvalue weighted by Gasteiger charge is 2.05. The summed E-state index contributed by atoms with van der Waals surface area (Å²) >= 11 is 0. The van der Waals surface area contributed by atoms with Gasteiger partial charge in [0.15, 0.2) is 5.83 Å². The van der Waals surface area contributed by atoms with Crippen molar-refractivity contribution in [1.29, 1.82) is 0 Å². The number of halogens is 1. The molecule has 0 saturated heterocycles. The van der Waals surface area contributed by atoms with E-state index in [1.807, 2.05) is 0 Å². The molecule has 74 valence electrons. The van der Waals surface area contributed by atoms with E-state index in [2.05, 4.69) is 11.9 Å². The van der Waals surface area contributed by atoms with Crippen molar-refractivity contribution >= 4 is 11.6 Å². The van der Waals surface area contributed by atoms with Gasteiger partial charge in [-0.1, -0.05) is 12.6 Å². The first-order valence-corrected chi connectivity index (χ1v) is 3.93. The summed E-state index contributed by atoms with van der Waals surface area (Å²) in [6, 6.07) is 6.62. The first-order valence-electron chi connectivity index (χ1n) is 3.93. The van der Waals surface area contributed by atoms with Crippen molar-refractivity contribution in [2.75, 3.05) is 12.4 Å². The second-order valence-corrected chi connectivity index (χ2v) is 2.59. The molecule has 0 fully saturated rings. The molecule has 4 heteroatoms. The lowest BCUT2D eigenvalue weighted by molar-refractivity contribution is -0.114. The third-order valence-corrected chi connectivity index (χ3v) is 1.57. The molecule has 0 spiro atoms. The van der Waals surface area contributed by atoms with Crippen LogP contribution in [0.15, 0.2) is 36.7 Å². The molecular weight excluding hydrogens is 185 g/mol. The van der Waals surface area contributed by atoms with Crippen LogP contribution in [-0.2, 0) is 4.79 Å². The molecule has 0 bridgehead atoms. The third kappa shape index (κ3) is 2.58. The highest BCUT2D eigenvalue weighted by atomic mass is 19.1. The van der Waals surface area contributed by atoms with Gasteiger partial charge in [-0.3, -0.25) is 4.79 Å². The minimum absolute atomic E-state index is 0.466. The van der Waals surface area contributed by atoms with Crippen LogP contribution < -0.4 is 10.1 Å². The van der Waals surface area contributed by atoms with E-state index in [0.717, 1.165) is 0 Å². The molecule has 0 aliphatic rings. The Kier molecular flexibility index (Phi) is 3.23. The van der Waals surface area contributed by atoms with Crippen molar-refractivity contribution in [1.82, 2.24) is 0 Å². The van der Waals surface area contributed by atoms with Crippen molar-refractivity contribution in [3.05, 3.63) is 36.7 Å². The molecule has 0 aliphatic heterocycles. The maximum Gasteiger partial charge on any atom is 0.283 e. The predicted molar refractivity (Wildman–Crippen MR) is 51.9 cm³/mol. The predicted octanol–water partition coefficient (Wildman–Crippen LogP) is 2.12. The number of amides is 1. The molecule has 1 amide bonds. The fraction of sp³-hybridized carbons (Fsp3) is 0.100. The van der Waals surface area contributed by atoms with Crippen molar-refractivity contribution in [2.45, 2.75) is 0 Å². The molecule has 1 aromatic rings. The molecule has 3 nitrogen and oxygen atoms in total. The van der Waals surface area contributed by atoms with Crippen LogP contribution in [0.25, 0.3) is 0 Å². The van der Waals surface area contributed by atoms with Gasteiger partial charge in [-0.05, 0) is 12.1 Å². The first-order chi connectivity index (χ1) is 6.63. The van der Waals surface area contributed by atoms with Gasteiger partial charge in [0.25, 0.3) is 5.91 Å². The van der Waals surface area contributed by atoms with E-state index < -0.39 is 11.7 Å². The van der Waals surface area contributed by atoms with E-state index in [1.165, 1.54) is 7.11 Å². The molecule has 0 unspecified atom stereocenters. The molecular formula is C10H10FNO2. The number of carbonyl (C=O) groups is 1. The average Bonchev–Trinajstić information content (AvgIpc) is 2.18. The summed E-state index contributed by atoms with van der Waals surface area (Å²) in [5, 5.41) is 2.32. The van der Waals surface area contributed by atoms with Gasteiger partial charge in [0.05, 0.1) is 7.11 Å². The number of benzene rings is 1. The molecule has 14 heavy (non-hydrogen) atoms. The van der Waals surface area contributed by atoms with Crippen LogP contribution >= 0.6 is 0 Å². The van der Waals surface area contributed by atoms with Gasteiger partial charge in [-0.15, -0.1) is 0 Å². The second kappa shape index (κ2) is 4.41. The Balaban J connectivity index is 2.76. The van der Waals surface area contributed by atoms with Gasteiger partial charge >= 0.3 is 0 Å². The number of ether oxygens (including phenoxy) is 1. The smallest absolute Gasteiger partial charge is 0.283 e. The Morgan fingerprint density at radius 3 is 2.86 bits per heavy atom. The molecule has 1 N–H and O–H groups in total. The lowest BCUT2D eigenvalue weighted by Gasteiger charge is -2.04. The third-order valence-electron chi connectivity index (χ3n) is 1.57. The van der Waals surface area contributed by atoms with E-state index in [1.54, 1.807) is 24.3 Å². The van der Waals surface area contributed by atoms with Crippen molar-refractivity contribution in [3.63, 3.8) is 0 Å². The minimum Gasteiger partial charge on any atom is -0.497 e. The van der Waals surface area contributed by atoms with Crippen LogP contribution in [0, 0.1) is 0 Å². The average molecular weight is 195 g/mol. The molecule has 0 aromatic heterocycles. The second-order valence-electron chi connectivity index (χ2n) is 2.59. The fourth-order valence-corrected chi connectivity index (χ4v) is 0.900. The summed E-state index contributed by atoms with van der Waals surface area (Å²) in [5.41, 5.74) is 0.466. The largest absolute Gasteiger partial charge is 0.497 e. The molecule has 0 atom stereocenters. The maximum absolute atomic E-state index is 12.3. The van der Waals surface area contributed by atoms with Gasteiger partial charge in [0, 0.05) is 11.8 Å². The van der Waals surface area contributed by atoms with Crippen molar-refractivity contribution in [2.24, 2.45) is 0 Å². The number of anilines is 1. The fourth-order valence-electron chi connectivity index (χ4n) is 0.900. The summed E-state index contributed by atoms with van der Waals surface area (Å²) < 4.78 is 17.3. The van der Waals surface area contributed by atoms with Crippen LogP contribution in [0.2, 0.25) is 0 Å². The van der Waals surface area contributed by atoms with E-state index in [4.69, 9.17) is 4.74 Å². The lowest BCUT2D eigenvalue weighted by atomic mass is 10.3. The van der Waals surface area contributed by atoms with Crippen LogP contribution in [-0.4, -0.2) is 13.0 Å². The molecule has 0 saturated carbocycles. The van der Waals surface area contributed by atoms with E-state index in [0.29, 0.717) is 11.4 Å². The van der Waals surface area contributed by atoms with E-state index >= 15 is 0 Å². The van der Waals surface area contributed by atoms with Gasteiger partial charge < -0.3 is 10.1 Å². The zero-order chi connectivity index (χ0) is 10.6. The Morgan fingerprint density at radius 1 is 1.57 bits per heavy atom. The maximum atomic E-state index is 12.3. The number of rotatable bonds is 3. The van der Waals surface area contributed by atoms with Gasteiger partial charge in [0.2, 0.25) is 0 Å². The number of hydrogen-bond donors (Lipinski definition) is 1. The number of methoxy groups -OCH3 is 1. The zero-order valence-corrected chi connectivity index (χ0v) is 7.71. The summed E-state index contributed by atoms with van der Waals surface area (Å²) in [6.07, 6.45) is 0. The Labute approximate surface area is 81.2 Å². The first kappa shape index (κ1) is 10.2. The van der Waals surface area contributed by atoms with Gasteiger partial charge in [0.1, 0.15) is 5.75 Å². The topological polar surface area (TPSA) is 38.3 Å². The molecule has 0 aliphatic carbocycles. The molecule has 1 aromatic carbocycles. The van der Waals surface area contributed by atoms with Crippen LogP contribution in [0.4, 0.5) is 10.1 Å². The summed E-state index contributed by atoms with van der Waals surface area (Å²) in [6.45, 7) is 2.88. The molecule has 1 rings (SSSR count). The SMILES string of the molecule is C=C(F)C(=O)Nc1cccc(OC)c1. The van der Waals surface area contributed by atoms with Gasteiger partial charge in [-0.2, -0.15) is 0 Å². The lowest BCUT2D eigenvalue weighted by Crippen LogP contribution is -2.10. The Morgan fingerprint density at radius 2 is 2.29 bits per heavy atom. The zero-order valence-electron chi connectivity index (χ0n) is 7.71. The van der Waals surface area contributed by atoms with Crippen molar-refractivity contribution < 1.29 is 13.9 Å². The highest BCUT2D eigenvalue weighted by molar-refractivity contribution is 6.01. The Bertz CT molecular complexity index is 363. The van der Waals surface area contributed by atoms with Crippen LogP contribution in [0.1, 0.15) is 0 Å². The molecule has 0 heterocycles. The molecule has 0 radical (unpaired) electrons. The standard InChI is InChI=1S/C10H10FNO2/c1-7(11)10(13)12-8-4-3-5-9(6-8)14-2/h3-6H,1H2,2H3,(H,12,13). The van der Waals surface area contributed by atoms with E-state index in [9.17, 15) is 9.18 Å². The number of nitrogens with one attached hydrogen (secondary N) is 1.